The Hall–Kier alpha value is -1.95. The van der Waals surface area contributed by atoms with Crippen molar-refractivity contribution in [3.05, 3.63) is 24.2 Å². The van der Waals surface area contributed by atoms with Crippen LogP contribution in [0.3, 0.4) is 0 Å². The van der Waals surface area contributed by atoms with Gasteiger partial charge in [0, 0.05) is 17.8 Å². The number of nitrogens with zero attached hydrogens (tertiary/aromatic N) is 3. The standard InChI is InChI=1S/C13H16N4O2/c1-8(14)13-16-12(17-19-13)10-4-5-15-11(6-10)18-7-9-2-3-9/h4-6,8-9H,2-3,7,14H2,1H3/t8-/m0/s1. The van der Waals surface area contributed by atoms with E-state index in [-0.39, 0.29) is 6.04 Å². The second kappa shape index (κ2) is 4.97. The number of ether oxygens (including phenoxy) is 1. The number of nitrogens with two attached hydrogens (primary N) is 1. The summed E-state index contributed by atoms with van der Waals surface area (Å²) in [5, 5.41) is 3.91. The summed E-state index contributed by atoms with van der Waals surface area (Å²) in [5.41, 5.74) is 6.51. The van der Waals surface area contributed by atoms with Crippen molar-refractivity contribution in [1.82, 2.24) is 15.1 Å². The van der Waals surface area contributed by atoms with Crippen LogP contribution in [0.1, 0.15) is 31.7 Å². The van der Waals surface area contributed by atoms with Gasteiger partial charge in [-0.2, -0.15) is 4.98 Å². The average molecular weight is 260 g/mol. The van der Waals surface area contributed by atoms with Crippen molar-refractivity contribution in [2.75, 3.05) is 6.61 Å². The van der Waals surface area contributed by atoms with E-state index in [0.29, 0.717) is 23.5 Å². The Morgan fingerprint density at radius 2 is 2.37 bits per heavy atom. The Morgan fingerprint density at radius 1 is 1.53 bits per heavy atom. The molecule has 0 bridgehead atoms. The quantitative estimate of drug-likeness (QED) is 0.884. The third-order valence-corrected chi connectivity index (χ3v) is 2.99. The molecular weight excluding hydrogens is 244 g/mol. The first-order chi connectivity index (χ1) is 9.22. The summed E-state index contributed by atoms with van der Waals surface area (Å²) in [5.74, 6) is 2.22. The molecule has 2 heterocycles. The van der Waals surface area contributed by atoms with E-state index in [4.69, 9.17) is 15.0 Å². The maximum absolute atomic E-state index is 5.69. The van der Waals surface area contributed by atoms with Crippen LogP contribution >= 0.6 is 0 Å². The molecule has 3 rings (SSSR count). The normalized spacial score (nSPS) is 16.3. The third-order valence-electron chi connectivity index (χ3n) is 2.99. The van der Waals surface area contributed by atoms with Gasteiger partial charge in [-0.3, -0.25) is 0 Å². The van der Waals surface area contributed by atoms with E-state index in [2.05, 4.69) is 15.1 Å². The topological polar surface area (TPSA) is 87.1 Å². The molecule has 0 radical (unpaired) electrons. The molecule has 1 fully saturated rings. The van der Waals surface area contributed by atoms with Gasteiger partial charge in [0.25, 0.3) is 0 Å². The Morgan fingerprint density at radius 3 is 3.05 bits per heavy atom. The molecule has 100 valence electrons. The molecule has 2 aromatic rings. The third kappa shape index (κ3) is 2.90. The van der Waals surface area contributed by atoms with Crippen molar-refractivity contribution in [2.45, 2.75) is 25.8 Å². The monoisotopic (exact) mass is 260 g/mol. The summed E-state index contributed by atoms with van der Waals surface area (Å²) < 4.78 is 10.7. The van der Waals surface area contributed by atoms with Crippen molar-refractivity contribution in [3.8, 4) is 17.3 Å². The molecule has 0 unspecified atom stereocenters. The van der Waals surface area contributed by atoms with Crippen LogP contribution in [0.4, 0.5) is 0 Å². The molecule has 0 aliphatic heterocycles. The number of rotatable bonds is 5. The summed E-state index contributed by atoms with van der Waals surface area (Å²) in [4.78, 5) is 8.42. The first-order valence-corrected chi connectivity index (χ1v) is 6.41. The number of aromatic nitrogens is 3. The molecule has 1 saturated carbocycles. The molecule has 6 heteroatoms. The van der Waals surface area contributed by atoms with Crippen LogP contribution in [0.25, 0.3) is 11.4 Å². The molecule has 6 nitrogen and oxygen atoms in total. The maximum Gasteiger partial charge on any atom is 0.243 e. The Balaban J connectivity index is 1.76. The van der Waals surface area contributed by atoms with Gasteiger partial charge in [-0.1, -0.05) is 5.16 Å². The second-order valence-electron chi connectivity index (χ2n) is 4.88. The van der Waals surface area contributed by atoms with E-state index in [1.54, 1.807) is 13.1 Å². The van der Waals surface area contributed by atoms with E-state index in [1.165, 1.54) is 12.8 Å². The highest BCUT2D eigenvalue weighted by atomic mass is 16.5. The van der Waals surface area contributed by atoms with Crippen molar-refractivity contribution < 1.29 is 9.26 Å². The van der Waals surface area contributed by atoms with Crippen LogP contribution in [0.2, 0.25) is 0 Å². The SMILES string of the molecule is C[C@H](N)c1nc(-c2ccnc(OCC3CC3)c2)no1. The summed E-state index contributed by atoms with van der Waals surface area (Å²) in [6.07, 6.45) is 4.18. The van der Waals surface area contributed by atoms with Crippen molar-refractivity contribution in [1.29, 1.82) is 0 Å². The van der Waals surface area contributed by atoms with Gasteiger partial charge in [0.2, 0.25) is 17.6 Å². The van der Waals surface area contributed by atoms with Gasteiger partial charge in [0.05, 0.1) is 12.6 Å². The molecule has 19 heavy (non-hydrogen) atoms. The highest BCUT2D eigenvalue weighted by Gasteiger charge is 2.22. The van der Waals surface area contributed by atoms with Gasteiger partial charge in [-0.05, 0) is 31.7 Å². The summed E-state index contributed by atoms with van der Waals surface area (Å²) >= 11 is 0. The van der Waals surface area contributed by atoms with Gasteiger partial charge >= 0.3 is 0 Å². The lowest BCUT2D eigenvalue weighted by molar-refractivity contribution is 0.288. The molecule has 0 saturated heterocycles. The smallest absolute Gasteiger partial charge is 0.243 e. The first-order valence-electron chi connectivity index (χ1n) is 6.41. The molecular formula is C13H16N4O2. The minimum absolute atomic E-state index is 0.270. The van der Waals surface area contributed by atoms with Gasteiger partial charge in [0.1, 0.15) is 0 Å². The van der Waals surface area contributed by atoms with Crippen LogP contribution in [0.5, 0.6) is 5.88 Å². The van der Waals surface area contributed by atoms with E-state index < -0.39 is 0 Å². The van der Waals surface area contributed by atoms with Gasteiger partial charge in [0.15, 0.2) is 0 Å². The number of pyridine rings is 1. The molecule has 1 atom stereocenters. The van der Waals surface area contributed by atoms with Crippen LogP contribution < -0.4 is 10.5 Å². The van der Waals surface area contributed by atoms with Crippen LogP contribution in [0.15, 0.2) is 22.9 Å². The van der Waals surface area contributed by atoms with E-state index in [1.807, 2.05) is 12.1 Å². The largest absolute Gasteiger partial charge is 0.477 e. The van der Waals surface area contributed by atoms with Gasteiger partial charge in [-0.15, -0.1) is 0 Å². The lowest BCUT2D eigenvalue weighted by Crippen LogP contribution is -2.04. The molecule has 2 N–H and O–H groups in total. The minimum Gasteiger partial charge on any atom is -0.477 e. The summed E-state index contributed by atoms with van der Waals surface area (Å²) in [6, 6.07) is 3.37. The lowest BCUT2D eigenvalue weighted by Gasteiger charge is -2.04. The number of hydrogen-bond acceptors (Lipinski definition) is 6. The van der Waals surface area contributed by atoms with Crippen molar-refractivity contribution in [3.63, 3.8) is 0 Å². The van der Waals surface area contributed by atoms with Crippen LogP contribution in [-0.2, 0) is 0 Å². The fourth-order valence-electron chi connectivity index (χ4n) is 1.65. The zero-order chi connectivity index (χ0) is 13.2. The van der Waals surface area contributed by atoms with Crippen LogP contribution in [-0.4, -0.2) is 21.7 Å². The fourth-order valence-corrected chi connectivity index (χ4v) is 1.65. The Bertz CT molecular complexity index is 563. The van der Waals surface area contributed by atoms with Crippen molar-refractivity contribution in [2.24, 2.45) is 11.7 Å². The molecule has 0 spiro atoms. The predicted octanol–water partition coefficient (Wildman–Crippen LogP) is 1.94. The van der Waals surface area contributed by atoms with E-state index in [9.17, 15) is 0 Å². The molecule has 1 aliphatic rings. The van der Waals surface area contributed by atoms with E-state index in [0.717, 1.165) is 12.2 Å². The zero-order valence-corrected chi connectivity index (χ0v) is 10.7. The van der Waals surface area contributed by atoms with Crippen molar-refractivity contribution >= 4 is 0 Å². The molecule has 0 aromatic carbocycles. The first kappa shape index (κ1) is 12.1. The lowest BCUT2D eigenvalue weighted by atomic mass is 10.2. The minimum atomic E-state index is -0.270. The highest BCUT2D eigenvalue weighted by molar-refractivity contribution is 5.55. The average Bonchev–Trinajstić information content (AvgIpc) is 3.10. The Kier molecular flexibility index (Phi) is 3.16. The summed E-state index contributed by atoms with van der Waals surface area (Å²) in [7, 11) is 0. The molecule has 1 aliphatic carbocycles. The summed E-state index contributed by atoms with van der Waals surface area (Å²) in [6.45, 7) is 2.53. The maximum atomic E-state index is 5.69. The van der Waals surface area contributed by atoms with Gasteiger partial charge < -0.3 is 15.0 Å². The highest BCUT2D eigenvalue weighted by Crippen LogP contribution is 2.29. The zero-order valence-electron chi connectivity index (χ0n) is 10.7. The second-order valence-corrected chi connectivity index (χ2v) is 4.88. The van der Waals surface area contributed by atoms with Crippen LogP contribution in [0, 0.1) is 5.92 Å². The molecule has 2 aromatic heterocycles. The Labute approximate surface area is 111 Å². The number of hydrogen-bond donors (Lipinski definition) is 1. The van der Waals surface area contributed by atoms with E-state index >= 15 is 0 Å². The predicted molar refractivity (Wildman–Crippen MR) is 68.4 cm³/mol. The molecule has 0 amide bonds. The fraction of sp³-hybridized carbons (Fsp3) is 0.462. The van der Waals surface area contributed by atoms with Gasteiger partial charge in [-0.25, -0.2) is 4.98 Å².